The number of aromatic nitrogens is 3. The Kier molecular flexibility index (Phi) is 2.24. The Morgan fingerprint density at radius 2 is 2.00 bits per heavy atom. The summed E-state index contributed by atoms with van der Waals surface area (Å²) in [6.07, 6.45) is 0.271. The topological polar surface area (TPSA) is 82.8 Å². The molecule has 1 heterocycles. The molecule has 0 saturated carbocycles. The molecule has 0 unspecified atom stereocenters. The minimum absolute atomic E-state index is 0.112. The third kappa shape index (κ3) is 1.74. The Morgan fingerprint density at radius 1 is 1.27 bits per heavy atom. The molecule has 0 aliphatic carbocycles. The van der Waals surface area contributed by atoms with Crippen LogP contribution >= 0.6 is 0 Å². The molecule has 2 rings (SSSR count). The monoisotopic (exact) mass is 207 g/mol. The molecule has 2 aromatic rings. The lowest BCUT2D eigenvalue weighted by Gasteiger charge is -2.02. The number of hydrogen-bond acceptors (Lipinski definition) is 4. The summed E-state index contributed by atoms with van der Waals surface area (Å²) in [7, 11) is 0. The maximum absolute atomic E-state index is 13.3. The van der Waals surface area contributed by atoms with E-state index in [4.69, 9.17) is 11.6 Å². The normalized spacial score (nSPS) is 10.5. The molecular weight excluding hydrogens is 197 g/mol. The van der Waals surface area contributed by atoms with E-state index in [1.807, 2.05) is 0 Å². The van der Waals surface area contributed by atoms with Crippen LogP contribution in [0.25, 0.3) is 0 Å². The van der Waals surface area contributed by atoms with E-state index in [2.05, 4.69) is 10.2 Å². The first kappa shape index (κ1) is 9.45. The number of hydrogen-bond donors (Lipinski definition) is 2. The number of halogens is 1. The molecule has 0 aliphatic rings. The summed E-state index contributed by atoms with van der Waals surface area (Å²) >= 11 is 0. The summed E-state index contributed by atoms with van der Waals surface area (Å²) in [4.78, 5) is 0. The lowest BCUT2D eigenvalue weighted by Crippen LogP contribution is -2.16. The first-order valence-corrected chi connectivity index (χ1v) is 4.36. The number of nitrogens with zero attached hydrogens (tertiary/aromatic N) is 3. The maximum atomic E-state index is 13.3. The van der Waals surface area contributed by atoms with Crippen molar-refractivity contribution in [2.45, 2.75) is 6.42 Å². The lowest BCUT2D eigenvalue weighted by atomic mass is 10.1. The molecular formula is C9H10FN5. The van der Waals surface area contributed by atoms with E-state index < -0.39 is 0 Å². The predicted molar refractivity (Wildman–Crippen MR) is 53.8 cm³/mol. The summed E-state index contributed by atoms with van der Waals surface area (Å²) in [5.41, 5.74) is 5.91. The molecule has 0 bridgehead atoms. The smallest absolute Gasteiger partial charge is 0.240 e. The fourth-order valence-corrected chi connectivity index (χ4v) is 1.27. The van der Waals surface area contributed by atoms with Crippen molar-refractivity contribution in [1.29, 1.82) is 0 Å². The average molecular weight is 207 g/mol. The van der Waals surface area contributed by atoms with E-state index in [9.17, 15) is 4.39 Å². The third-order valence-corrected chi connectivity index (χ3v) is 2.10. The van der Waals surface area contributed by atoms with Crippen LogP contribution in [0.5, 0.6) is 0 Å². The van der Waals surface area contributed by atoms with Gasteiger partial charge < -0.3 is 11.6 Å². The number of rotatable bonds is 2. The quantitative estimate of drug-likeness (QED) is 0.694. The zero-order valence-electron chi connectivity index (χ0n) is 7.89. The zero-order chi connectivity index (χ0) is 10.8. The van der Waals surface area contributed by atoms with Gasteiger partial charge in [0.1, 0.15) is 5.82 Å². The second kappa shape index (κ2) is 3.56. The van der Waals surface area contributed by atoms with Crippen molar-refractivity contribution in [3.8, 4) is 0 Å². The molecule has 0 radical (unpaired) electrons. The van der Waals surface area contributed by atoms with E-state index in [1.165, 1.54) is 6.07 Å². The van der Waals surface area contributed by atoms with E-state index in [-0.39, 0.29) is 18.2 Å². The highest BCUT2D eigenvalue weighted by molar-refractivity contribution is 5.24. The van der Waals surface area contributed by atoms with Gasteiger partial charge in [0.2, 0.25) is 5.95 Å². The van der Waals surface area contributed by atoms with Crippen molar-refractivity contribution in [3.63, 3.8) is 0 Å². The molecule has 4 N–H and O–H groups in total. The third-order valence-electron chi connectivity index (χ3n) is 2.10. The molecule has 78 valence electrons. The summed E-state index contributed by atoms with van der Waals surface area (Å²) in [6.45, 7) is 0. The van der Waals surface area contributed by atoms with Gasteiger partial charge in [0.25, 0.3) is 0 Å². The van der Waals surface area contributed by atoms with Crippen LogP contribution in [0.1, 0.15) is 11.4 Å². The number of nitrogen functional groups attached to an aromatic ring is 2. The Balaban J connectivity index is 2.30. The minimum atomic E-state index is -0.293. The zero-order valence-corrected chi connectivity index (χ0v) is 7.89. The molecule has 0 atom stereocenters. The summed E-state index contributed by atoms with van der Waals surface area (Å²) in [5, 5.41) is 7.33. The van der Waals surface area contributed by atoms with Gasteiger partial charge in [0.05, 0.1) is 0 Å². The van der Waals surface area contributed by atoms with E-state index >= 15 is 0 Å². The van der Waals surface area contributed by atoms with Gasteiger partial charge in [0, 0.05) is 6.42 Å². The Hall–Kier alpha value is -2.11. The van der Waals surface area contributed by atoms with Gasteiger partial charge in [-0.2, -0.15) is 0 Å². The molecule has 1 aromatic heterocycles. The maximum Gasteiger partial charge on any atom is 0.240 e. The predicted octanol–water partition coefficient (Wildman–Crippen LogP) is 0.304. The van der Waals surface area contributed by atoms with Gasteiger partial charge in [-0.25, -0.2) is 9.07 Å². The van der Waals surface area contributed by atoms with Crippen LogP contribution in [0.15, 0.2) is 24.3 Å². The van der Waals surface area contributed by atoms with Crippen molar-refractivity contribution in [1.82, 2.24) is 14.9 Å². The van der Waals surface area contributed by atoms with E-state index in [0.29, 0.717) is 11.4 Å². The van der Waals surface area contributed by atoms with Crippen LogP contribution in [0.4, 0.5) is 10.3 Å². The molecule has 15 heavy (non-hydrogen) atoms. The SMILES string of the molecule is Nc1nnc(Cc2ccccc2F)n1N. The molecule has 6 heteroatoms. The van der Waals surface area contributed by atoms with Gasteiger partial charge in [-0.05, 0) is 11.6 Å². The van der Waals surface area contributed by atoms with Crippen molar-refractivity contribution in [3.05, 3.63) is 41.5 Å². The van der Waals surface area contributed by atoms with Gasteiger partial charge in [-0.1, -0.05) is 18.2 Å². The second-order valence-corrected chi connectivity index (χ2v) is 3.11. The Bertz CT molecular complexity index is 479. The summed E-state index contributed by atoms with van der Waals surface area (Å²) in [5.74, 6) is 5.79. The molecule has 0 aliphatic heterocycles. The summed E-state index contributed by atoms with van der Waals surface area (Å²) in [6, 6.07) is 6.43. The highest BCUT2D eigenvalue weighted by Gasteiger charge is 2.09. The molecule has 0 saturated heterocycles. The molecule has 5 nitrogen and oxygen atoms in total. The van der Waals surface area contributed by atoms with E-state index in [0.717, 1.165) is 4.68 Å². The number of nitrogens with two attached hydrogens (primary N) is 2. The van der Waals surface area contributed by atoms with Gasteiger partial charge in [-0.15, -0.1) is 10.2 Å². The van der Waals surface area contributed by atoms with E-state index in [1.54, 1.807) is 18.2 Å². The largest absolute Gasteiger partial charge is 0.366 e. The van der Waals surface area contributed by atoms with Crippen LogP contribution in [-0.4, -0.2) is 14.9 Å². The van der Waals surface area contributed by atoms with Crippen molar-refractivity contribution in [2.24, 2.45) is 0 Å². The Morgan fingerprint density at radius 3 is 2.60 bits per heavy atom. The second-order valence-electron chi connectivity index (χ2n) is 3.11. The molecule has 1 aromatic carbocycles. The van der Waals surface area contributed by atoms with Crippen LogP contribution in [0.2, 0.25) is 0 Å². The molecule has 0 spiro atoms. The molecule has 0 amide bonds. The van der Waals surface area contributed by atoms with Gasteiger partial charge in [-0.3, -0.25) is 0 Å². The van der Waals surface area contributed by atoms with Crippen LogP contribution in [0.3, 0.4) is 0 Å². The van der Waals surface area contributed by atoms with Crippen molar-refractivity contribution >= 4 is 5.95 Å². The van der Waals surface area contributed by atoms with Gasteiger partial charge >= 0.3 is 0 Å². The fourth-order valence-electron chi connectivity index (χ4n) is 1.27. The standard InChI is InChI=1S/C9H10FN5/c10-7-4-2-1-3-6(7)5-8-13-14-9(11)15(8)12/h1-4H,5,12H2,(H2,11,14). The molecule has 0 fully saturated rings. The highest BCUT2D eigenvalue weighted by Crippen LogP contribution is 2.11. The first-order chi connectivity index (χ1) is 7.18. The van der Waals surface area contributed by atoms with Crippen LogP contribution < -0.4 is 11.6 Å². The Labute approximate surface area is 85.5 Å². The van der Waals surface area contributed by atoms with Crippen molar-refractivity contribution in [2.75, 3.05) is 11.6 Å². The lowest BCUT2D eigenvalue weighted by molar-refractivity contribution is 0.611. The number of benzene rings is 1. The minimum Gasteiger partial charge on any atom is -0.366 e. The first-order valence-electron chi connectivity index (χ1n) is 4.36. The highest BCUT2D eigenvalue weighted by atomic mass is 19.1. The van der Waals surface area contributed by atoms with Crippen molar-refractivity contribution < 1.29 is 4.39 Å². The summed E-state index contributed by atoms with van der Waals surface area (Å²) < 4.78 is 14.4. The average Bonchev–Trinajstić information content (AvgIpc) is 2.53. The van der Waals surface area contributed by atoms with Gasteiger partial charge in [0.15, 0.2) is 5.82 Å². The van der Waals surface area contributed by atoms with Crippen LogP contribution in [0, 0.1) is 5.82 Å². The number of anilines is 1. The van der Waals surface area contributed by atoms with Crippen LogP contribution in [-0.2, 0) is 6.42 Å². The fraction of sp³-hybridized carbons (Fsp3) is 0.111.